The van der Waals surface area contributed by atoms with Crippen molar-refractivity contribution >= 4 is 5.71 Å². The van der Waals surface area contributed by atoms with Crippen LogP contribution in [0, 0.1) is 35.5 Å². The summed E-state index contributed by atoms with van der Waals surface area (Å²) in [4.78, 5) is 5.26. The number of allylic oxidation sites excluding steroid dienone is 7. The molecule has 0 aromatic carbocycles. The van der Waals surface area contributed by atoms with Crippen LogP contribution in [0.25, 0.3) is 0 Å². The molecule has 0 spiro atoms. The summed E-state index contributed by atoms with van der Waals surface area (Å²) in [5.74, 6) is 3.15. The van der Waals surface area contributed by atoms with Gasteiger partial charge in [-0.2, -0.15) is 0 Å². The van der Waals surface area contributed by atoms with Crippen molar-refractivity contribution in [2.24, 2.45) is 57.7 Å². The molecule has 8 atom stereocenters. The molecule has 4 heteroatoms. The Hall–Kier alpha value is -2.17. The van der Waals surface area contributed by atoms with Crippen LogP contribution in [0.1, 0.15) is 105 Å². The summed E-state index contributed by atoms with van der Waals surface area (Å²) in [7, 11) is 0. The molecule has 0 saturated heterocycles. The fraction of sp³-hybridized carbons (Fsp3) is 0.658. The van der Waals surface area contributed by atoms with E-state index in [0.717, 1.165) is 63.5 Å². The third kappa shape index (κ3) is 11.5. The van der Waals surface area contributed by atoms with Gasteiger partial charge in [0.25, 0.3) is 0 Å². The Kier molecular flexibility index (Phi) is 17.1. The van der Waals surface area contributed by atoms with Gasteiger partial charge >= 0.3 is 0 Å². The van der Waals surface area contributed by atoms with Gasteiger partial charge in [0.1, 0.15) is 0 Å². The number of hydrogen-bond donors (Lipinski definition) is 3. The highest BCUT2D eigenvalue weighted by atomic mass is 14.8. The standard InChI is InChI=1S/C38H64N4/c1-7-30(26-37(41)36-19-15-14-16-31(36)8-2)25-34(22-23-39)28(5)24-32(9-3)38(10-4)42-29(6)20-21-35(27-40)33-17-12-11-13-18-33/h8,11-12,15,19-23,28,30,32-35,37-38H,2,7,9-10,13-14,16-18,24-27,39-41H2,1,3-6H3/b21-20-,23-22-,42-29?/t28-,30?,32?,33?,34?,35?,37+,38?/m1/s1. The predicted molar refractivity (Wildman–Crippen MR) is 186 cm³/mol. The summed E-state index contributed by atoms with van der Waals surface area (Å²) in [6.45, 7) is 16.2. The molecular formula is C38H64N4. The highest BCUT2D eigenvalue weighted by molar-refractivity contribution is 5.92. The molecule has 42 heavy (non-hydrogen) atoms. The number of nitrogens with two attached hydrogens (primary N) is 3. The first-order valence-corrected chi connectivity index (χ1v) is 17.0. The Labute approximate surface area is 259 Å². The molecule has 0 aliphatic heterocycles. The Morgan fingerprint density at radius 2 is 1.83 bits per heavy atom. The first kappa shape index (κ1) is 36.0. The molecule has 0 amide bonds. The van der Waals surface area contributed by atoms with Gasteiger partial charge in [-0.1, -0.05) is 89.6 Å². The molecule has 0 saturated carbocycles. The fourth-order valence-electron chi connectivity index (χ4n) is 7.21. The zero-order valence-electron chi connectivity index (χ0n) is 27.7. The Morgan fingerprint density at radius 1 is 1.05 bits per heavy atom. The third-order valence-electron chi connectivity index (χ3n) is 10.1. The van der Waals surface area contributed by atoms with Crippen molar-refractivity contribution in [2.45, 2.75) is 117 Å². The normalized spacial score (nSPS) is 23.2. The van der Waals surface area contributed by atoms with E-state index in [1.54, 1.807) is 6.20 Å². The fourth-order valence-corrected chi connectivity index (χ4v) is 7.21. The van der Waals surface area contributed by atoms with E-state index in [1.165, 1.54) is 24.0 Å². The van der Waals surface area contributed by atoms with Crippen LogP contribution in [0.15, 0.2) is 77.5 Å². The lowest BCUT2D eigenvalue weighted by atomic mass is 9.75. The number of rotatable bonds is 19. The zero-order chi connectivity index (χ0) is 30.9. The minimum absolute atomic E-state index is 0.0592. The second kappa shape index (κ2) is 19.9. The molecule has 236 valence electrons. The lowest BCUT2D eigenvalue weighted by Gasteiger charge is -2.32. The lowest BCUT2D eigenvalue weighted by molar-refractivity contribution is 0.245. The Morgan fingerprint density at radius 3 is 2.43 bits per heavy atom. The highest BCUT2D eigenvalue weighted by Gasteiger charge is 2.27. The lowest BCUT2D eigenvalue weighted by Crippen LogP contribution is -2.29. The molecule has 0 aromatic rings. The van der Waals surface area contributed by atoms with E-state index < -0.39 is 0 Å². The average Bonchev–Trinajstić information content (AvgIpc) is 3.02. The van der Waals surface area contributed by atoms with Crippen LogP contribution in [-0.4, -0.2) is 24.3 Å². The SMILES string of the molecule is C=CC1=C([C@@H](N)CC(CC)CC(/C=C\N)[C@H](C)CC(CC)C(CC)N=C(C)/C=C\C(CN)C2CC=CCC2)C=CCC1. The van der Waals surface area contributed by atoms with Gasteiger partial charge in [0.05, 0.1) is 6.04 Å². The first-order chi connectivity index (χ1) is 20.3. The van der Waals surface area contributed by atoms with Crippen LogP contribution < -0.4 is 17.2 Å². The van der Waals surface area contributed by atoms with Gasteiger partial charge in [0.2, 0.25) is 0 Å². The Balaban J connectivity index is 2.07. The molecule has 4 nitrogen and oxygen atoms in total. The second-order valence-electron chi connectivity index (χ2n) is 13.0. The van der Waals surface area contributed by atoms with Gasteiger partial charge in [0.15, 0.2) is 0 Å². The maximum absolute atomic E-state index is 6.79. The van der Waals surface area contributed by atoms with Gasteiger partial charge < -0.3 is 17.2 Å². The summed E-state index contributed by atoms with van der Waals surface area (Å²) in [5.41, 5.74) is 22.7. The van der Waals surface area contributed by atoms with E-state index in [4.69, 9.17) is 22.2 Å². The molecule has 6 unspecified atom stereocenters. The quantitative estimate of drug-likeness (QED) is 0.106. The Bertz CT molecular complexity index is 968. The van der Waals surface area contributed by atoms with Crippen molar-refractivity contribution in [1.82, 2.24) is 0 Å². The summed E-state index contributed by atoms with van der Waals surface area (Å²) in [6.07, 6.45) is 32.0. The van der Waals surface area contributed by atoms with Crippen molar-refractivity contribution in [1.29, 1.82) is 0 Å². The number of aliphatic imine (C=N–C) groups is 1. The van der Waals surface area contributed by atoms with Gasteiger partial charge in [-0.3, -0.25) is 4.99 Å². The summed E-state index contributed by atoms with van der Waals surface area (Å²) >= 11 is 0. The monoisotopic (exact) mass is 577 g/mol. The van der Waals surface area contributed by atoms with E-state index in [0.29, 0.717) is 48.1 Å². The molecular weight excluding hydrogens is 512 g/mol. The minimum atomic E-state index is 0.0592. The number of nitrogens with zero attached hydrogens (tertiary/aromatic N) is 1. The third-order valence-corrected chi connectivity index (χ3v) is 10.1. The summed E-state index contributed by atoms with van der Waals surface area (Å²) in [6, 6.07) is 0.389. The van der Waals surface area contributed by atoms with E-state index in [1.807, 2.05) is 6.08 Å². The van der Waals surface area contributed by atoms with Crippen LogP contribution >= 0.6 is 0 Å². The van der Waals surface area contributed by atoms with Crippen LogP contribution in [0.4, 0.5) is 0 Å². The van der Waals surface area contributed by atoms with Crippen molar-refractivity contribution in [3.63, 3.8) is 0 Å². The largest absolute Gasteiger partial charge is 0.405 e. The van der Waals surface area contributed by atoms with Crippen LogP contribution in [0.3, 0.4) is 0 Å². The van der Waals surface area contributed by atoms with E-state index in [-0.39, 0.29) is 6.04 Å². The minimum Gasteiger partial charge on any atom is -0.405 e. The van der Waals surface area contributed by atoms with Crippen molar-refractivity contribution in [2.75, 3.05) is 6.54 Å². The van der Waals surface area contributed by atoms with Crippen molar-refractivity contribution in [3.05, 3.63) is 72.5 Å². The topological polar surface area (TPSA) is 90.4 Å². The van der Waals surface area contributed by atoms with Crippen LogP contribution in [0.2, 0.25) is 0 Å². The smallest absolute Gasteiger partial charge is 0.0528 e. The molecule has 6 N–H and O–H groups in total. The van der Waals surface area contributed by atoms with Gasteiger partial charge in [-0.25, -0.2) is 0 Å². The molecule has 2 rings (SSSR count). The average molecular weight is 577 g/mol. The van der Waals surface area contributed by atoms with E-state index >= 15 is 0 Å². The first-order valence-electron chi connectivity index (χ1n) is 17.0. The molecule has 0 aromatic heterocycles. The molecule has 0 radical (unpaired) electrons. The number of hydrogen-bond acceptors (Lipinski definition) is 4. The molecule has 2 aliphatic carbocycles. The van der Waals surface area contributed by atoms with Crippen molar-refractivity contribution < 1.29 is 0 Å². The highest BCUT2D eigenvalue weighted by Crippen LogP contribution is 2.35. The molecule has 0 heterocycles. The van der Waals surface area contributed by atoms with Gasteiger partial charge in [0, 0.05) is 11.8 Å². The maximum Gasteiger partial charge on any atom is 0.0528 e. The van der Waals surface area contributed by atoms with Gasteiger partial charge in [-0.05, 0) is 130 Å². The summed E-state index contributed by atoms with van der Waals surface area (Å²) < 4.78 is 0. The van der Waals surface area contributed by atoms with Crippen molar-refractivity contribution in [3.8, 4) is 0 Å². The van der Waals surface area contributed by atoms with E-state index in [2.05, 4.69) is 83.7 Å². The second-order valence-corrected chi connectivity index (χ2v) is 13.0. The van der Waals surface area contributed by atoms with Crippen LogP contribution in [0.5, 0.6) is 0 Å². The maximum atomic E-state index is 6.79. The molecule has 2 aliphatic rings. The molecule has 0 bridgehead atoms. The predicted octanol–water partition coefficient (Wildman–Crippen LogP) is 8.82. The summed E-state index contributed by atoms with van der Waals surface area (Å²) in [5, 5.41) is 0. The zero-order valence-corrected chi connectivity index (χ0v) is 27.7. The molecule has 0 fully saturated rings. The van der Waals surface area contributed by atoms with Gasteiger partial charge in [-0.15, -0.1) is 0 Å². The van der Waals surface area contributed by atoms with Crippen LogP contribution in [-0.2, 0) is 0 Å². The van der Waals surface area contributed by atoms with E-state index in [9.17, 15) is 0 Å².